The number of nitro groups is 1. The summed E-state index contributed by atoms with van der Waals surface area (Å²) in [6.45, 7) is 3.62. The number of nitro benzene ring substituents is 1. The lowest BCUT2D eigenvalue weighted by Gasteiger charge is -2.23. The molecular weight excluding hydrogens is 482 g/mol. The standard InChI is InChI=1S/C23H18ClN3O6S/c1-11-12(2)34-23(25-11)26-19(13-4-7-15(8-5-13)27(31)32)18(21(29)22(26)30)20(28)14-6-9-17(33-3)16(24)10-14/h4-10,19,28H,1-3H3/b20-18+/t19-/m0/s1. The Morgan fingerprint density at radius 2 is 1.88 bits per heavy atom. The number of aromatic nitrogens is 1. The van der Waals surface area contributed by atoms with Crippen LogP contribution in [0.1, 0.15) is 27.7 Å². The Balaban J connectivity index is 1.93. The number of carbonyl (C=O) groups is 2. The van der Waals surface area contributed by atoms with E-state index >= 15 is 0 Å². The fraction of sp³-hybridized carbons (Fsp3) is 0.174. The van der Waals surface area contributed by atoms with Crippen LogP contribution in [0.4, 0.5) is 10.8 Å². The average Bonchev–Trinajstić information content (AvgIpc) is 3.28. The smallest absolute Gasteiger partial charge is 0.301 e. The van der Waals surface area contributed by atoms with Gasteiger partial charge in [-0.1, -0.05) is 11.6 Å². The van der Waals surface area contributed by atoms with E-state index in [2.05, 4.69) is 4.98 Å². The number of benzene rings is 2. The van der Waals surface area contributed by atoms with Gasteiger partial charge in [0.25, 0.3) is 11.5 Å². The summed E-state index contributed by atoms with van der Waals surface area (Å²) in [7, 11) is 1.44. The SMILES string of the molecule is COc1ccc(/C(O)=C2\C(=O)C(=O)N(c3nc(C)c(C)s3)[C@H]2c2ccc([N+](=O)[O-])cc2)cc1Cl. The van der Waals surface area contributed by atoms with E-state index in [1.807, 2.05) is 6.92 Å². The zero-order chi connectivity index (χ0) is 24.7. The van der Waals surface area contributed by atoms with Gasteiger partial charge in [0.1, 0.15) is 11.5 Å². The second-order valence-electron chi connectivity index (χ2n) is 7.51. The van der Waals surface area contributed by atoms with Crippen LogP contribution in [0.15, 0.2) is 48.0 Å². The van der Waals surface area contributed by atoms with Gasteiger partial charge in [-0.25, -0.2) is 4.98 Å². The molecule has 11 heteroatoms. The van der Waals surface area contributed by atoms with Crippen molar-refractivity contribution in [2.75, 3.05) is 12.0 Å². The van der Waals surface area contributed by atoms with Crippen molar-refractivity contribution in [3.63, 3.8) is 0 Å². The van der Waals surface area contributed by atoms with Gasteiger partial charge in [0.15, 0.2) is 5.13 Å². The monoisotopic (exact) mass is 499 g/mol. The number of ether oxygens (including phenoxy) is 1. The summed E-state index contributed by atoms with van der Waals surface area (Å²) in [6.07, 6.45) is 0. The topological polar surface area (TPSA) is 123 Å². The summed E-state index contributed by atoms with van der Waals surface area (Å²) in [5, 5.41) is 22.8. The first-order valence-corrected chi connectivity index (χ1v) is 11.2. The summed E-state index contributed by atoms with van der Waals surface area (Å²) in [5.74, 6) is -1.82. The third-order valence-corrected chi connectivity index (χ3v) is 6.88. The highest BCUT2D eigenvalue weighted by molar-refractivity contribution is 7.16. The van der Waals surface area contributed by atoms with E-state index in [9.17, 15) is 24.8 Å². The average molecular weight is 500 g/mol. The fourth-order valence-electron chi connectivity index (χ4n) is 3.65. The molecule has 1 atom stereocenters. The molecule has 9 nitrogen and oxygen atoms in total. The lowest BCUT2D eigenvalue weighted by molar-refractivity contribution is -0.384. The number of Topliss-reactive ketones (excluding diaryl/α,β-unsaturated/α-hetero) is 1. The molecule has 2 heterocycles. The summed E-state index contributed by atoms with van der Waals surface area (Å²) in [5.41, 5.74) is 0.985. The number of non-ortho nitro benzene ring substituents is 1. The van der Waals surface area contributed by atoms with Crippen molar-refractivity contribution >= 4 is 51.2 Å². The van der Waals surface area contributed by atoms with Crippen molar-refractivity contribution in [3.8, 4) is 5.75 Å². The molecule has 1 N–H and O–H groups in total. The number of aryl methyl sites for hydroxylation is 2. The number of carbonyl (C=O) groups excluding carboxylic acids is 2. The number of anilines is 1. The Morgan fingerprint density at radius 3 is 2.41 bits per heavy atom. The van der Waals surface area contributed by atoms with E-state index in [4.69, 9.17) is 16.3 Å². The third-order valence-electron chi connectivity index (χ3n) is 5.51. The second-order valence-corrected chi connectivity index (χ2v) is 9.09. The normalized spacial score (nSPS) is 17.3. The Kier molecular flexibility index (Phi) is 6.11. The number of hydrogen-bond donors (Lipinski definition) is 1. The number of thiazole rings is 1. The Hall–Kier alpha value is -3.76. The van der Waals surface area contributed by atoms with E-state index in [-0.39, 0.29) is 27.0 Å². The van der Waals surface area contributed by atoms with Crippen LogP contribution >= 0.6 is 22.9 Å². The lowest BCUT2D eigenvalue weighted by atomic mass is 9.95. The minimum Gasteiger partial charge on any atom is -0.507 e. The van der Waals surface area contributed by atoms with E-state index in [0.29, 0.717) is 17.0 Å². The molecule has 3 aromatic rings. The maximum absolute atomic E-state index is 13.2. The number of aliphatic hydroxyl groups excluding tert-OH is 1. The minimum absolute atomic E-state index is 0.149. The predicted molar refractivity (Wildman–Crippen MR) is 127 cm³/mol. The van der Waals surface area contributed by atoms with Crippen LogP contribution < -0.4 is 9.64 Å². The molecule has 34 heavy (non-hydrogen) atoms. The number of methoxy groups -OCH3 is 1. The highest BCUT2D eigenvalue weighted by Gasteiger charge is 2.48. The van der Waals surface area contributed by atoms with Crippen molar-refractivity contribution < 1.29 is 24.4 Å². The van der Waals surface area contributed by atoms with Crippen molar-refractivity contribution in [1.82, 2.24) is 4.98 Å². The van der Waals surface area contributed by atoms with Crippen molar-refractivity contribution in [3.05, 3.63) is 84.9 Å². The first-order chi connectivity index (χ1) is 16.1. The molecule has 1 amide bonds. The van der Waals surface area contributed by atoms with Crippen LogP contribution in [0, 0.1) is 24.0 Å². The Bertz CT molecular complexity index is 1350. The minimum atomic E-state index is -1.05. The van der Waals surface area contributed by atoms with Crippen molar-refractivity contribution in [2.45, 2.75) is 19.9 Å². The Labute approximate surface area is 203 Å². The molecule has 1 fully saturated rings. The van der Waals surface area contributed by atoms with Gasteiger partial charge in [0, 0.05) is 22.6 Å². The molecule has 1 aromatic heterocycles. The first kappa shape index (κ1) is 23.4. The van der Waals surface area contributed by atoms with Gasteiger partial charge in [-0.15, -0.1) is 11.3 Å². The van der Waals surface area contributed by atoms with Crippen LogP contribution in [-0.4, -0.2) is 33.8 Å². The molecule has 0 radical (unpaired) electrons. The highest BCUT2D eigenvalue weighted by atomic mass is 35.5. The Morgan fingerprint density at radius 1 is 1.21 bits per heavy atom. The maximum atomic E-state index is 13.2. The van der Waals surface area contributed by atoms with Gasteiger partial charge in [0.05, 0.1) is 34.4 Å². The zero-order valence-electron chi connectivity index (χ0n) is 18.2. The van der Waals surface area contributed by atoms with E-state index in [1.165, 1.54) is 65.8 Å². The van der Waals surface area contributed by atoms with Crippen LogP contribution in [0.3, 0.4) is 0 Å². The fourth-order valence-corrected chi connectivity index (χ4v) is 4.85. The van der Waals surface area contributed by atoms with Gasteiger partial charge >= 0.3 is 5.91 Å². The summed E-state index contributed by atoms with van der Waals surface area (Å²) < 4.78 is 5.13. The zero-order valence-corrected chi connectivity index (χ0v) is 19.8. The molecular formula is C23H18ClN3O6S. The molecule has 174 valence electrons. The molecule has 2 aromatic carbocycles. The van der Waals surface area contributed by atoms with Crippen LogP contribution in [0.2, 0.25) is 5.02 Å². The number of halogens is 1. The van der Waals surface area contributed by atoms with Gasteiger partial charge in [0.2, 0.25) is 0 Å². The van der Waals surface area contributed by atoms with E-state index in [1.54, 1.807) is 6.92 Å². The molecule has 0 aliphatic carbocycles. The molecule has 1 saturated heterocycles. The largest absolute Gasteiger partial charge is 0.507 e. The predicted octanol–water partition coefficient (Wildman–Crippen LogP) is 4.96. The van der Waals surface area contributed by atoms with Crippen molar-refractivity contribution in [2.24, 2.45) is 0 Å². The molecule has 4 rings (SSSR count). The number of rotatable bonds is 5. The number of nitrogens with zero attached hydrogens (tertiary/aromatic N) is 3. The summed E-state index contributed by atoms with van der Waals surface area (Å²) in [4.78, 5) is 43.4. The number of ketones is 1. The molecule has 0 saturated carbocycles. The quantitative estimate of drug-likeness (QED) is 0.173. The molecule has 0 bridgehead atoms. The summed E-state index contributed by atoms with van der Waals surface area (Å²) in [6, 6.07) is 8.86. The van der Waals surface area contributed by atoms with Crippen molar-refractivity contribution in [1.29, 1.82) is 0 Å². The van der Waals surface area contributed by atoms with Crippen LogP contribution in [0.25, 0.3) is 5.76 Å². The van der Waals surface area contributed by atoms with Crippen LogP contribution in [-0.2, 0) is 9.59 Å². The molecule has 0 unspecified atom stereocenters. The highest BCUT2D eigenvalue weighted by Crippen LogP contribution is 2.44. The summed E-state index contributed by atoms with van der Waals surface area (Å²) >= 11 is 7.43. The third kappa shape index (κ3) is 3.91. The number of hydrogen-bond acceptors (Lipinski definition) is 8. The molecule has 1 aliphatic rings. The molecule has 0 spiro atoms. The van der Waals surface area contributed by atoms with Gasteiger partial charge in [-0.3, -0.25) is 24.6 Å². The second kappa shape index (κ2) is 8.88. The van der Waals surface area contributed by atoms with Gasteiger partial charge in [-0.2, -0.15) is 0 Å². The molecule has 1 aliphatic heterocycles. The lowest BCUT2D eigenvalue weighted by Crippen LogP contribution is -2.29. The maximum Gasteiger partial charge on any atom is 0.301 e. The number of aliphatic hydroxyl groups is 1. The van der Waals surface area contributed by atoms with Gasteiger partial charge < -0.3 is 9.84 Å². The van der Waals surface area contributed by atoms with Crippen LogP contribution in [0.5, 0.6) is 5.75 Å². The number of amides is 1. The van der Waals surface area contributed by atoms with E-state index in [0.717, 1.165) is 4.88 Å². The van der Waals surface area contributed by atoms with E-state index < -0.39 is 28.4 Å². The van der Waals surface area contributed by atoms with Gasteiger partial charge in [-0.05, 0) is 49.7 Å². The first-order valence-electron chi connectivity index (χ1n) is 9.97.